The summed E-state index contributed by atoms with van der Waals surface area (Å²) in [6, 6.07) is 1.09. The van der Waals surface area contributed by atoms with E-state index in [9.17, 15) is 4.39 Å². The zero-order valence-electron chi connectivity index (χ0n) is 9.26. The zero-order valence-corrected chi connectivity index (χ0v) is 12.4. The van der Waals surface area contributed by atoms with Crippen LogP contribution in [-0.2, 0) is 11.5 Å². The van der Waals surface area contributed by atoms with Gasteiger partial charge in [-0.1, -0.05) is 19.6 Å². The third kappa shape index (κ3) is 4.60. The van der Waals surface area contributed by atoms with Crippen molar-refractivity contribution in [3.05, 3.63) is 15.7 Å². The quantitative estimate of drug-likeness (QED) is 0.467. The number of hydrogen-bond donors (Lipinski definition) is 0. The Morgan fingerprint density at radius 2 is 2.20 bits per heavy atom. The molecule has 0 amide bonds. The van der Waals surface area contributed by atoms with E-state index >= 15 is 0 Å². The number of halogens is 2. The summed E-state index contributed by atoms with van der Waals surface area (Å²) >= 11 is 1.91. The van der Waals surface area contributed by atoms with Crippen LogP contribution in [-0.4, -0.2) is 24.5 Å². The Balaban J connectivity index is 2.30. The first kappa shape index (κ1) is 13.1. The van der Waals surface area contributed by atoms with E-state index in [1.165, 1.54) is 10.9 Å². The van der Waals surface area contributed by atoms with Crippen LogP contribution in [0.3, 0.4) is 0 Å². The van der Waals surface area contributed by atoms with Crippen LogP contribution in [0.25, 0.3) is 0 Å². The summed E-state index contributed by atoms with van der Waals surface area (Å²) in [6.07, 6.45) is 1.50. The van der Waals surface area contributed by atoms with Gasteiger partial charge in [-0.15, -0.1) is 0 Å². The molecule has 0 aliphatic carbocycles. The van der Waals surface area contributed by atoms with Crippen molar-refractivity contribution in [2.24, 2.45) is 0 Å². The molecule has 0 atom stereocenters. The maximum Gasteiger partial charge on any atom is 0.227 e. The summed E-state index contributed by atoms with van der Waals surface area (Å²) in [5, 5.41) is 3.87. The van der Waals surface area contributed by atoms with Crippen LogP contribution < -0.4 is 0 Å². The minimum absolute atomic E-state index is 0.208. The van der Waals surface area contributed by atoms with E-state index in [2.05, 4.69) is 24.7 Å². The molecule has 0 spiro atoms. The number of hydrogen-bond acceptors (Lipinski definition) is 2. The highest BCUT2D eigenvalue weighted by atomic mass is 127. The standard InChI is InChI=1S/C9H16FIN2OSi/c1-15(2,3)5-4-14-7-13-9(10)8(11)6-12-13/h6H,4-5,7H2,1-3H3. The highest BCUT2D eigenvalue weighted by Gasteiger charge is 2.12. The number of rotatable bonds is 5. The molecule has 1 rings (SSSR count). The number of aromatic nitrogens is 2. The van der Waals surface area contributed by atoms with Gasteiger partial charge in [-0.25, -0.2) is 4.68 Å². The summed E-state index contributed by atoms with van der Waals surface area (Å²) in [7, 11) is -1.05. The Bertz CT molecular complexity index is 324. The smallest absolute Gasteiger partial charge is 0.227 e. The first-order valence-electron chi connectivity index (χ1n) is 4.85. The SMILES string of the molecule is C[Si](C)(C)CCOCn1ncc(I)c1F. The van der Waals surface area contributed by atoms with E-state index in [0.29, 0.717) is 10.2 Å². The van der Waals surface area contributed by atoms with Crippen molar-refractivity contribution in [3.63, 3.8) is 0 Å². The number of nitrogens with zero attached hydrogens (tertiary/aromatic N) is 2. The van der Waals surface area contributed by atoms with Crippen molar-refractivity contribution in [1.82, 2.24) is 9.78 Å². The maximum atomic E-state index is 13.2. The van der Waals surface area contributed by atoms with Crippen molar-refractivity contribution < 1.29 is 9.13 Å². The third-order valence-electron chi connectivity index (χ3n) is 1.94. The van der Waals surface area contributed by atoms with Gasteiger partial charge in [0.2, 0.25) is 5.95 Å². The van der Waals surface area contributed by atoms with Gasteiger partial charge in [0.15, 0.2) is 0 Å². The van der Waals surface area contributed by atoms with Crippen molar-refractivity contribution in [2.75, 3.05) is 6.61 Å². The minimum atomic E-state index is -1.05. The Morgan fingerprint density at radius 1 is 1.53 bits per heavy atom. The molecule has 1 aromatic rings. The van der Waals surface area contributed by atoms with Gasteiger partial charge in [0.1, 0.15) is 6.73 Å². The highest BCUT2D eigenvalue weighted by molar-refractivity contribution is 14.1. The van der Waals surface area contributed by atoms with Gasteiger partial charge in [0, 0.05) is 14.7 Å². The van der Waals surface area contributed by atoms with Crippen LogP contribution in [0.1, 0.15) is 0 Å². The van der Waals surface area contributed by atoms with E-state index < -0.39 is 8.07 Å². The van der Waals surface area contributed by atoms with Gasteiger partial charge in [-0.3, -0.25) is 0 Å². The monoisotopic (exact) mass is 342 g/mol. The fraction of sp³-hybridized carbons (Fsp3) is 0.667. The molecule has 0 saturated heterocycles. The Labute approximate surface area is 104 Å². The second-order valence-electron chi connectivity index (χ2n) is 4.63. The average Bonchev–Trinajstić information content (AvgIpc) is 2.42. The van der Waals surface area contributed by atoms with Gasteiger partial charge < -0.3 is 4.74 Å². The molecule has 86 valence electrons. The van der Waals surface area contributed by atoms with Crippen LogP contribution in [0.15, 0.2) is 6.20 Å². The zero-order chi connectivity index (χ0) is 11.5. The van der Waals surface area contributed by atoms with E-state index in [1.807, 2.05) is 22.6 Å². The molecule has 0 unspecified atom stereocenters. The topological polar surface area (TPSA) is 27.1 Å². The van der Waals surface area contributed by atoms with Crippen molar-refractivity contribution in [1.29, 1.82) is 0 Å². The third-order valence-corrected chi connectivity index (χ3v) is 4.37. The molecule has 0 fully saturated rings. The lowest BCUT2D eigenvalue weighted by molar-refractivity contribution is 0.0697. The van der Waals surface area contributed by atoms with E-state index in [1.54, 1.807) is 0 Å². The lowest BCUT2D eigenvalue weighted by atomic mass is 10.7. The normalized spacial score (nSPS) is 12.1. The molecule has 1 aromatic heterocycles. The van der Waals surface area contributed by atoms with E-state index in [-0.39, 0.29) is 12.7 Å². The van der Waals surface area contributed by atoms with Crippen molar-refractivity contribution in [3.8, 4) is 0 Å². The van der Waals surface area contributed by atoms with Gasteiger partial charge in [-0.05, 0) is 28.6 Å². The minimum Gasteiger partial charge on any atom is -0.359 e. The molecular weight excluding hydrogens is 326 g/mol. The summed E-state index contributed by atoms with van der Waals surface area (Å²) in [5.41, 5.74) is 0. The van der Waals surface area contributed by atoms with E-state index in [0.717, 1.165) is 6.04 Å². The first-order valence-corrected chi connectivity index (χ1v) is 9.63. The average molecular weight is 342 g/mol. The maximum absolute atomic E-state index is 13.2. The van der Waals surface area contributed by atoms with Gasteiger partial charge in [-0.2, -0.15) is 9.49 Å². The molecule has 0 aromatic carbocycles. The lowest BCUT2D eigenvalue weighted by Crippen LogP contribution is -2.22. The molecule has 15 heavy (non-hydrogen) atoms. The second kappa shape index (κ2) is 5.40. The first-order chi connectivity index (χ1) is 6.90. The van der Waals surface area contributed by atoms with E-state index in [4.69, 9.17) is 4.74 Å². The largest absolute Gasteiger partial charge is 0.359 e. The fourth-order valence-corrected chi connectivity index (χ4v) is 2.13. The Hall–Kier alpha value is 0.0469. The van der Waals surface area contributed by atoms with Crippen molar-refractivity contribution in [2.45, 2.75) is 32.4 Å². The molecule has 6 heteroatoms. The molecular formula is C9H16FIN2OSi. The van der Waals surface area contributed by atoms with Crippen LogP contribution in [0.4, 0.5) is 4.39 Å². The van der Waals surface area contributed by atoms with Crippen LogP contribution in [0.2, 0.25) is 25.7 Å². The van der Waals surface area contributed by atoms with Crippen LogP contribution in [0.5, 0.6) is 0 Å². The summed E-state index contributed by atoms with van der Waals surface area (Å²) in [6.45, 7) is 7.75. The summed E-state index contributed by atoms with van der Waals surface area (Å²) < 4.78 is 20.4. The summed E-state index contributed by atoms with van der Waals surface area (Å²) in [4.78, 5) is 0. The lowest BCUT2D eigenvalue weighted by Gasteiger charge is -2.15. The predicted octanol–water partition coefficient (Wildman–Crippen LogP) is 2.94. The molecule has 0 saturated carbocycles. The van der Waals surface area contributed by atoms with Crippen LogP contribution >= 0.6 is 22.6 Å². The second-order valence-corrected chi connectivity index (χ2v) is 11.4. The highest BCUT2D eigenvalue weighted by Crippen LogP contribution is 2.10. The van der Waals surface area contributed by atoms with Gasteiger partial charge in [0.25, 0.3) is 0 Å². The fourth-order valence-electron chi connectivity index (χ4n) is 0.967. The van der Waals surface area contributed by atoms with Gasteiger partial charge in [0.05, 0.1) is 9.77 Å². The number of ether oxygens (including phenoxy) is 1. The molecule has 3 nitrogen and oxygen atoms in total. The summed E-state index contributed by atoms with van der Waals surface area (Å²) in [5.74, 6) is -0.316. The predicted molar refractivity (Wildman–Crippen MR) is 69.0 cm³/mol. The van der Waals surface area contributed by atoms with Crippen molar-refractivity contribution >= 4 is 30.7 Å². The molecule has 0 radical (unpaired) electrons. The molecule has 0 aliphatic rings. The molecule has 0 aliphatic heterocycles. The van der Waals surface area contributed by atoms with Gasteiger partial charge >= 0.3 is 0 Å². The Kier molecular flexibility index (Phi) is 4.72. The molecule has 0 bridgehead atoms. The Morgan fingerprint density at radius 3 is 2.67 bits per heavy atom. The molecule has 0 N–H and O–H groups in total. The van der Waals surface area contributed by atoms with Crippen LogP contribution in [0, 0.1) is 9.52 Å². The molecule has 1 heterocycles.